The van der Waals surface area contributed by atoms with Crippen LogP contribution in [0.2, 0.25) is 0 Å². The first-order chi connectivity index (χ1) is 12.2. The van der Waals surface area contributed by atoms with Gasteiger partial charge in [-0.2, -0.15) is 0 Å². The van der Waals surface area contributed by atoms with E-state index in [4.69, 9.17) is 4.74 Å². The molecule has 0 atom stereocenters. The molecule has 2 heterocycles. The monoisotopic (exact) mass is 358 g/mol. The summed E-state index contributed by atoms with van der Waals surface area (Å²) >= 11 is 0. The average Bonchev–Trinajstić information content (AvgIpc) is 2.68. The second kappa shape index (κ2) is 6.69. The lowest BCUT2D eigenvalue weighted by Crippen LogP contribution is -2.46. The van der Waals surface area contributed by atoms with E-state index in [1.165, 1.54) is 0 Å². The summed E-state index contributed by atoms with van der Waals surface area (Å²) in [5.41, 5.74) is 1.00. The van der Waals surface area contributed by atoms with E-state index >= 15 is 0 Å². The van der Waals surface area contributed by atoms with Crippen molar-refractivity contribution in [3.8, 4) is 5.75 Å². The summed E-state index contributed by atoms with van der Waals surface area (Å²) in [6.45, 7) is 3.49. The molecular formula is C19H22N2O3S. The van der Waals surface area contributed by atoms with E-state index in [9.17, 15) is 8.42 Å². The zero-order valence-electron chi connectivity index (χ0n) is 14.0. The number of nitrogens with zero attached hydrogens (tertiary/aromatic N) is 1. The maximum atomic E-state index is 12.8. The molecule has 0 amide bonds. The molecular weight excluding hydrogens is 336 g/mol. The van der Waals surface area contributed by atoms with Crippen LogP contribution in [0.3, 0.4) is 0 Å². The number of rotatable bonds is 3. The van der Waals surface area contributed by atoms with Crippen molar-refractivity contribution in [2.45, 2.75) is 28.7 Å². The molecule has 2 aromatic carbocycles. The maximum Gasteiger partial charge on any atom is 0.206 e. The van der Waals surface area contributed by atoms with Crippen molar-refractivity contribution in [3.05, 3.63) is 48.5 Å². The molecule has 0 saturated carbocycles. The number of hydrogen-bond acceptors (Lipinski definition) is 5. The Morgan fingerprint density at radius 2 is 1.76 bits per heavy atom. The lowest BCUT2D eigenvalue weighted by atomic mass is 10.0. The molecule has 0 spiro atoms. The molecule has 2 aliphatic heterocycles. The van der Waals surface area contributed by atoms with E-state index in [0.29, 0.717) is 23.3 Å². The molecule has 6 heteroatoms. The number of anilines is 1. The first-order valence-corrected chi connectivity index (χ1v) is 10.2. The zero-order valence-corrected chi connectivity index (χ0v) is 14.8. The smallest absolute Gasteiger partial charge is 0.206 e. The third-order valence-electron chi connectivity index (χ3n) is 4.94. The lowest BCUT2D eigenvalue weighted by molar-refractivity contribution is 0.290. The Kier molecular flexibility index (Phi) is 4.39. The molecule has 1 saturated heterocycles. The quantitative estimate of drug-likeness (QED) is 0.913. The van der Waals surface area contributed by atoms with Gasteiger partial charge in [-0.15, -0.1) is 0 Å². The summed E-state index contributed by atoms with van der Waals surface area (Å²) in [5.74, 6) is 0.668. The Labute approximate surface area is 148 Å². The summed E-state index contributed by atoms with van der Waals surface area (Å²) < 4.78 is 31.4. The number of benzene rings is 2. The molecule has 2 aromatic rings. The highest BCUT2D eigenvalue weighted by Crippen LogP contribution is 2.37. The summed E-state index contributed by atoms with van der Waals surface area (Å²) in [7, 11) is -3.52. The molecule has 132 valence electrons. The molecule has 0 aromatic heterocycles. The Morgan fingerprint density at radius 3 is 2.52 bits per heavy atom. The number of fused-ring (bicyclic) bond motifs is 1. The Balaban J connectivity index is 1.68. The fourth-order valence-corrected chi connectivity index (χ4v) is 4.92. The van der Waals surface area contributed by atoms with Crippen LogP contribution in [-0.4, -0.2) is 40.7 Å². The van der Waals surface area contributed by atoms with Crippen molar-refractivity contribution in [1.29, 1.82) is 0 Å². The van der Waals surface area contributed by atoms with Crippen molar-refractivity contribution in [1.82, 2.24) is 5.32 Å². The minimum Gasteiger partial charge on any atom is -0.490 e. The first-order valence-electron chi connectivity index (χ1n) is 8.70. The van der Waals surface area contributed by atoms with Crippen LogP contribution < -0.4 is 15.0 Å². The van der Waals surface area contributed by atoms with Gasteiger partial charge in [-0.3, -0.25) is 0 Å². The fourth-order valence-electron chi connectivity index (χ4n) is 3.62. The number of hydrogen-bond donors (Lipinski definition) is 1. The van der Waals surface area contributed by atoms with Crippen LogP contribution in [0.4, 0.5) is 5.69 Å². The minimum absolute atomic E-state index is 0.282. The second-order valence-corrected chi connectivity index (χ2v) is 8.42. The predicted octanol–water partition coefficient (Wildman–Crippen LogP) is 2.47. The molecule has 1 N–H and O–H groups in total. The van der Waals surface area contributed by atoms with Crippen LogP contribution in [0.15, 0.2) is 58.3 Å². The van der Waals surface area contributed by atoms with Gasteiger partial charge in [0.05, 0.1) is 22.0 Å². The third-order valence-corrected chi connectivity index (χ3v) is 6.71. The predicted molar refractivity (Wildman–Crippen MR) is 97.1 cm³/mol. The molecule has 0 aliphatic carbocycles. The number of sulfone groups is 1. The number of piperidine rings is 1. The van der Waals surface area contributed by atoms with Gasteiger partial charge in [-0.25, -0.2) is 8.42 Å². The molecule has 4 rings (SSSR count). The zero-order chi connectivity index (χ0) is 17.3. The van der Waals surface area contributed by atoms with Crippen molar-refractivity contribution < 1.29 is 13.2 Å². The van der Waals surface area contributed by atoms with Crippen LogP contribution in [0.1, 0.15) is 12.8 Å². The van der Waals surface area contributed by atoms with Crippen molar-refractivity contribution in [2.75, 3.05) is 31.1 Å². The molecule has 0 bridgehead atoms. The molecule has 2 aliphatic rings. The van der Waals surface area contributed by atoms with Crippen LogP contribution >= 0.6 is 0 Å². The highest BCUT2D eigenvalue weighted by atomic mass is 32.2. The summed E-state index contributed by atoms with van der Waals surface area (Å²) in [6, 6.07) is 14.3. The van der Waals surface area contributed by atoms with Crippen molar-refractivity contribution in [2.24, 2.45) is 0 Å². The minimum atomic E-state index is -3.52. The highest BCUT2D eigenvalue weighted by Gasteiger charge is 2.28. The molecule has 5 nitrogen and oxygen atoms in total. The molecule has 0 radical (unpaired) electrons. The SMILES string of the molecule is O=S(=O)(c1ccccc1)c1ccc2c(c1)OCCN2C1CCNCC1. The summed E-state index contributed by atoms with van der Waals surface area (Å²) in [5, 5.41) is 3.39. The molecule has 25 heavy (non-hydrogen) atoms. The number of nitrogens with one attached hydrogen (secondary N) is 1. The number of ether oxygens (including phenoxy) is 1. The summed E-state index contributed by atoms with van der Waals surface area (Å²) in [4.78, 5) is 2.96. The molecule has 0 unspecified atom stereocenters. The van der Waals surface area contributed by atoms with E-state index in [-0.39, 0.29) is 4.90 Å². The van der Waals surface area contributed by atoms with Crippen LogP contribution in [0.5, 0.6) is 5.75 Å². The standard InChI is InChI=1S/C19H22N2O3S/c22-25(23,16-4-2-1-3-5-16)17-6-7-18-19(14-17)24-13-12-21(18)15-8-10-20-11-9-15/h1-7,14-15,20H,8-13H2. The van der Waals surface area contributed by atoms with Gasteiger partial charge in [0.1, 0.15) is 12.4 Å². The Morgan fingerprint density at radius 1 is 1.00 bits per heavy atom. The van der Waals surface area contributed by atoms with E-state index in [2.05, 4.69) is 10.2 Å². The largest absolute Gasteiger partial charge is 0.490 e. The van der Waals surface area contributed by atoms with Crippen LogP contribution in [0, 0.1) is 0 Å². The normalized spacial score (nSPS) is 18.5. The lowest BCUT2D eigenvalue weighted by Gasteiger charge is -2.39. The van der Waals surface area contributed by atoms with Gasteiger partial charge in [-0.1, -0.05) is 18.2 Å². The van der Waals surface area contributed by atoms with Crippen molar-refractivity contribution in [3.63, 3.8) is 0 Å². The van der Waals surface area contributed by atoms with Gasteiger partial charge in [0.15, 0.2) is 0 Å². The average molecular weight is 358 g/mol. The summed E-state index contributed by atoms with van der Waals surface area (Å²) in [6.07, 6.45) is 2.20. The van der Waals surface area contributed by atoms with E-state index in [1.54, 1.807) is 36.4 Å². The third kappa shape index (κ3) is 3.12. The Hall–Kier alpha value is -2.05. The molecule has 1 fully saturated rings. The van der Waals surface area contributed by atoms with Gasteiger partial charge in [-0.05, 0) is 50.2 Å². The maximum absolute atomic E-state index is 12.8. The second-order valence-electron chi connectivity index (χ2n) is 6.47. The fraction of sp³-hybridized carbons (Fsp3) is 0.368. The van der Waals surface area contributed by atoms with Crippen molar-refractivity contribution >= 4 is 15.5 Å². The van der Waals surface area contributed by atoms with Gasteiger partial charge in [0, 0.05) is 12.1 Å². The van der Waals surface area contributed by atoms with Gasteiger partial charge >= 0.3 is 0 Å². The van der Waals surface area contributed by atoms with E-state index in [1.807, 2.05) is 12.1 Å². The Bertz CT molecular complexity index is 846. The topological polar surface area (TPSA) is 58.6 Å². The van der Waals surface area contributed by atoms with E-state index < -0.39 is 9.84 Å². The highest BCUT2D eigenvalue weighted by molar-refractivity contribution is 7.91. The first kappa shape index (κ1) is 16.4. The van der Waals surface area contributed by atoms with Crippen LogP contribution in [0.25, 0.3) is 0 Å². The van der Waals surface area contributed by atoms with E-state index in [0.717, 1.165) is 38.2 Å². The van der Waals surface area contributed by atoms with Gasteiger partial charge in [0.25, 0.3) is 0 Å². The van der Waals surface area contributed by atoms with Gasteiger partial charge < -0.3 is 15.0 Å². The van der Waals surface area contributed by atoms with Crippen LogP contribution in [-0.2, 0) is 9.84 Å². The van der Waals surface area contributed by atoms with Gasteiger partial charge in [0.2, 0.25) is 9.84 Å².